The fourth-order valence-electron chi connectivity index (χ4n) is 6.70. The van der Waals surface area contributed by atoms with E-state index >= 15 is 0 Å². The Morgan fingerprint density at radius 2 is 0.872 bits per heavy atom. The first-order valence-corrected chi connectivity index (χ1v) is 15.6. The molecule has 0 unspecified atom stereocenters. The Hall–Kier alpha value is -6.68. The van der Waals surface area contributed by atoms with Gasteiger partial charge < -0.3 is 4.57 Å². The van der Waals surface area contributed by atoms with Crippen LogP contribution in [-0.2, 0) is 0 Å². The summed E-state index contributed by atoms with van der Waals surface area (Å²) in [6.45, 7) is 0. The zero-order valence-electron chi connectivity index (χ0n) is 25.4. The van der Waals surface area contributed by atoms with Gasteiger partial charge in [-0.1, -0.05) is 127 Å². The molecular weight excluding hydrogens is 571 g/mol. The highest BCUT2D eigenvalue weighted by Crippen LogP contribution is 2.43. The molecule has 1 heterocycles. The molecule has 0 N–H and O–H groups in total. The number of aromatic nitrogens is 1. The van der Waals surface area contributed by atoms with Crippen molar-refractivity contribution in [1.82, 2.24) is 4.57 Å². The third kappa shape index (κ3) is 4.84. The Balaban J connectivity index is 1.49. The van der Waals surface area contributed by atoms with Crippen molar-refractivity contribution in [2.45, 2.75) is 0 Å². The minimum Gasteiger partial charge on any atom is -0.307 e. The SMILES string of the molecule is N#Cc1cc(C#N)c(-n2c3ccc(-c4ccccc4)cc3c3cc(-c4ccccc4)ccc32)c(-c2ccccc2-c2ccccc2)c1. The quantitative estimate of drug-likeness (QED) is 0.198. The summed E-state index contributed by atoms with van der Waals surface area (Å²) in [4.78, 5) is 0. The van der Waals surface area contributed by atoms with Gasteiger partial charge in [-0.25, -0.2) is 0 Å². The number of hydrogen-bond acceptors (Lipinski definition) is 2. The average Bonchev–Trinajstić information content (AvgIpc) is 3.47. The second-order valence-corrected chi connectivity index (χ2v) is 11.6. The first-order chi connectivity index (χ1) is 23.2. The largest absolute Gasteiger partial charge is 0.307 e. The molecule has 0 saturated heterocycles. The Bertz CT molecular complexity index is 2420. The molecule has 218 valence electrons. The van der Waals surface area contributed by atoms with Crippen molar-refractivity contribution in [2.24, 2.45) is 0 Å². The molecule has 0 bridgehead atoms. The monoisotopic (exact) mass is 597 g/mol. The Kier molecular flexibility index (Phi) is 6.92. The summed E-state index contributed by atoms with van der Waals surface area (Å²) < 4.78 is 2.21. The maximum Gasteiger partial charge on any atom is 0.101 e. The van der Waals surface area contributed by atoms with Crippen LogP contribution in [0.15, 0.2) is 164 Å². The number of hydrogen-bond donors (Lipinski definition) is 0. The van der Waals surface area contributed by atoms with E-state index in [2.05, 4.69) is 126 Å². The third-order valence-corrected chi connectivity index (χ3v) is 8.86. The van der Waals surface area contributed by atoms with E-state index in [9.17, 15) is 10.5 Å². The molecule has 0 saturated carbocycles. The molecule has 0 aliphatic carbocycles. The van der Waals surface area contributed by atoms with Crippen molar-refractivity contribution >= 4 is 21.8 Å². The number of nitriles is 2. The van der Waals surface area contributed by atoms with Gasteiger partial charge in [0.15, 0.2) is 0 Å². The lowest BCUT2D eigenvalue weighted by Crippen LogP contribution is -2.03. The summed E-state index contributed by atoms with van der Waals surface area (Å²) in [5.41, 5.74) is 12.0. The van der Waals surface area contributed by atoms with Crippen molar-refractivity contribution in [3.63, 3.8) is 0 Å². The van der Waals surface area contributed by atoms with Gasteiger partial charge in [0.05, 0.1) is 33.9 Å². The van der Waals surface area contributed by atoms with Crippen LogP contribution in [-0.4, -0.2) is 4.57 Å². The van der Waals surface area contributed by atoms with Crippen LogP contribution in [0.25, 0.3) is 72.0 Å². The lowest BCUT2D eigenvalue weighted by Gasteiger charge is -2.19. The molecular formula is C44H27N3. The van der Waals surface area contributed by atoms with Gasteiger partial charge in [-0.05, 0) is 75.3 Å². The molecule has 47 heavy (non-hydrogen) atoms. The van der Waals surface area contributed by atoms with Crippen LogP contribution in [0.5, 0.6) is 0 Å². The van der Waals surface area contributed by atoms with Gasteiger partial charge in [0, 0.05) is 16.3 Å². The van der Waals surface area contributed by atoms with Crippen LogP contribution in [0.4, 0.5) is 0 Å². The third-order valence-electron chi connectivity index (χ3n) is 8.86. The molecule has 8 rings (SSSR count). The molecule has 0 aliphatic heterocycles. The fourth-order valence-corrected chi connectivity index (χ4v) is 6.70. The van der Waals surface area contributed by atoms with E-state index < -0.39 is 0 Å². The standard InChI is InChI=1S/C44H27N3/c45-28-30-24-36(29-46)44(41(25-30)38-19-11-10-18-37(38)33-16-8-3-9-17-33)47-42-22-20-34(31-12-4-1-5-13-31)26-39(42)40-27-35(21-23-43(40)47)32-14-6-2-7-15-32/h1-27H. The Morgan fingerprint density at radius 1 is 0.383 bits per heavy atom. The lowest BCUT2D eigenvalue weighted by molar-refractivity contribution is 1.17. The maximum atomic E-state index is 10.7. The minimum atomic E-state index is 0.444. The van der Waals surface area contributed by atoms with Crippen molar-refractivity contribution in [2.75, 3.05) is 0 Å². The van der Waals surface area contributed by atoms with Crippen molar-refractivity contribution in [1.29, 1.82) is 10.5 Å². The predicted molar refractivity (Wildman–Crippen MR) is 192 cm³/mol. The highest BCUT2D eigenvalue weighted by molar-refractivity contribution is 6.12. The molecule has 0 amide bonds. The van der Waals surface area contributed by atoms with Crippen LogP contribution in [0.1, 0.15) is 11.1 Å². The molecule has 7 aromatic carbocycles. The summed E-state index contributed by atoms with van der Waals surface area (Å²) in [5, 5.41) is 22.9. The Morgan fingerprint density at radius 3 is 1.38 bits per heavy atom. The van der Waals surface area contributed by atoms with Gasteiger partial charge in [0.1, 0.15) is 6.07 Å². The van der Waals surface area contributed by atoms with Crippen molar-refractivity contribution in [3.8, 4) is 62.3 Å². The number of nitrogens with zero attached hydrogens (tertiary/aromatic N) is 3. The number of rotatable bonds is 5. The highest BCUT2D eigenvalue weighted by Gasteiger charge is 2.22. The first kappa shape index (κ1) is 27.8. The zero-order chi connectivity index (χ0) is 31.7. The normalized spacial score (nSPS) is 10.9. The van der Waals surface area contributed by atoms with Gasteiger partial charge in [0.25, 0.3) is 0 Å². The van der Waals surface area contributed by atoms with E-state index in [1.165, 1.54) is 0 Å². The van der Waals surface area contributed by atoms with Gasteiger partial charge in [-0.15, -0.1) is 0 Å². The zero-order valence-corrected chi connectivity index (χ0v) is 25.4. The van der Waals surface area contributed by atoms with E-state index in [0.29, 0.717) is 11.1 Å². The Labute approximate surface area is 273 Å². The van der Waals surface area contributed by atoms with Crippen LogP contribution in [0, 0.1) is 22.7 Å². The van der Waals surface area contributed by atoms with E-state index in [0.717, 1.165) is 72.0 Å². The van der Waals surface area contributed by atoms with Crippen molar-refractivity contribution in [3.05, 3.63) is 175 Å². The van der Waals surface area contributed by atoms with Gasteiger partial charge in [0.2, 0.25) is 0 Å². The summed E-state index contributed by atoms with van der Waals surface area (Å²) in [5.74, 6) is 0. The van der Waals surface area contributed by atoms with Crippen LogP contribution in [0.2, 0.25) is 0 Å². The molecule has 0 radical (unpaired) electrons. The van der Waals surface area contributed by atoms with Gasteiger partial charge in [-0.2, -0.15) is 10.5 Å². The lowest BCUT2D eigenvalue weighted by atomic mass is 9.91. The second-order valence-electron chi connectivity index (χ2n) is 11.6. The summed E-state index contributed by atoms with van der Waals surface area (Å²) in [6.07, 6.45) is 0. The molecule has 1 aromatic heterocycles. The van der Waals surface area contributed by atoms with Crippen LogP contribution >= 0.6 is 0 Å². The minimum absolute atomic E-state index is 0.444. The van der Waals surface area contributed by atoms with E-state index in [-0.39, 0.29) is 0 Å². The second kappa shape index (κ2) is 11.7. The summed E-state index contributed by atoms with van der Waals surface area (Å²) >= 11 is 0. The molecule has 3 nitrogen and oxygen atoms in total. The molecule has 0 fully saturated rings. The predicted octanol–water partition coefficient (Wildman–Crippen LogP) is 11.2. The van der Waals surface area contributed by atoms with Crippen molar-refractivity contribution < 1.29 is 0 Å². The van der Waals surface area contributed by atoms with Gasteiger partial charge in [-0.3, -0.25) is 0 Å². The molecule has 8 aromatic rings. The van der Waals surface area contributed by atoms with Gasteiger partial charge >= 0.3 is 0 Å². The number of fused-ring (bicyclic) bond motifs is 3. The molecule has 3 heteroatoms. The topological polar surface area (TPSA) is 52.5 Å². The fraction of sp³-hybridized carbons (Fsp3) is 0. The number of benzene rings is 7. The van der Waals surface area contributed by atoms with Crippen LogP contribution < -0.4 is 0 Å². The van der Waals surface area contributed by atoms with Crippen LogP contribution in [0.3, 0.4) is 0 Å². The molecule has 0 aliphatic rings. The highest BCUT2D eigenvalue weighted by atomic mass is 15.0. The maximum absolute atomic E-state index is 10.7. The summed E-state index contributed by atoms with van der Waals surface area (Å²) in [6, 6.07) is 60.8. The molecule has 0 atom stereocenters. The van der Waals surface area contributed by atoms with E-state index in [1.54, 1.807) is 6.07 Å². The molecule has 0 spiro atoms. The van der Waals surface area contributed by atoms with E-state index in [1.807, 2.05) is 48.5 Å². The van der Waals surface area contributed by atoms with E-state index in [4.69, 9.17) is 0 Å². The summed E-state index contributed by atoms with van der Waals surface area (Å²) in [7, 11) is 0. The average molecular weight is 598 g/mol. The first-order valence-electron chi connectivity index (χ1n) is 15.6. The smallest absolute Gasteiger partial charge is 0.101 e.